The van der Waals surface area contributed by atoms with Crippen molar-refractivity contribution in [2.24, 2.45) is 11.0 Å². The molecule has 9 heteroatoms. The van der Waals surface area contributed by atoms with Crippen molar-refractivity contribution in [1.82, 2.24) is 9.73 Å². The Morgan fingerprint density at radius 2 is 1.96 bits per heavy atom. The maximum atomic E-state index is 12.7. The molecule has 0 spiro atoms. The number of carbonyl (C=O) groups is 1. The van der Waals surface area contributed by atoms with Crippen LogP contribution in [0.25, 0.3) is 0 Å². The molecule has 6 nitrogen and oxygen atoms in total. The molecular weight excluding hydrogens is 450 g/mol. The van der Waals surface area contributed by atoms with E-state index in [4.69, 9.17) is 0 Å². The second-order valence-corrected chi connectivity index (χ2v) is 10.2. The average Bonchev–Trinajstić information content (AvgIpc) is 3.07. The Balaban J connectivity index is 1.54. The first kappa shape index (κ1) is 20.2. The summed E-state index contributed by atoms with van der Waals surface area (Å²) in [6.45, 7) is 2.58. The van der Waals surface area contributed by atoms with Crippen LogP contribution < -0.4 is 5.43 Å². The van der Waals surface area contributed by atoms with E-state index in [-0.39, 0.29) is 11.8 Å². The number of thiophene rings is 1. The molecule has 0 atom stereocenters. The van der Waals surface area contributed by atoms with Crippen LogP contribution in [0.3, 0.4) is 0 Å². The van der Waals surface area contributed by atoms with E-state index >= 15 is 0 Å². The van der Waals surface area contributed by atoms with Gasteiger partial charge in [0.25, 0.3) is 0 Å². The minimum Gasteiger partial charge on any atom is -0.273 e. The van der Waals surface area contributed by atoms with Gasteiger partial charge in [-0.3, -0.25) is 4.79 Å². The van der Waals surface area contributed by atoms with E-state index in [0.29, 0.717) is 30.8 Å². The van der Waals surface area contributed by atoms with Crippen LogP contribution in [-0.2, 0) is 14.8 Å². The van der Waals surface area contributed by atoms with Gasteiger partial charge in [-0.15, -0.1) is 11.3 Å². The molecule has 0 saturated carbocycles. The van der Waals surface area contributed by atoms with Gasteiger partial charge in [-0.2, -0.15) is 9.41 Å². The summed E-state index contributed by atoms with van der Waals surface area (Å²) in [6.07, 6.45) is 2.57. The first-order valence-electron chi connectivity index (χ1n) is 8.50. The number of aryl methyl sites for hydroxylation is 1. The molecule has 0 radical (unpaired) electrons. The van der Waals surface area contributed by atoms with Crippen molar-refractivity contribution in [3.63, 3.8) is 0 Å². The molecule has 3 rings (SSSR count). The fourth-order valence-corrected chi connectivity index (χ4v) is 5.64. The Morgan fingerprint density at radius 1 is 1.30 bits per heavy atom. The zero-order valence-corrected chi connectivity index (χ0v) is 18.0. The molecule has 1 aromatic carbocycles. The van der Waals surface area contributed by atoms with Gasteiger partial charge in [0.15, 0.2) is 0 Å². The minimum atomic E-state index is -3.51. The first-order valence-corrected chi connectivity index (χ1v) is 11.6. The first-order chi connectivity index (χ1) is 12.9. The second kappa shape index (κ2) is 8.64. The molecule has 0 aliphatic carbocycles. The molecule has 27 heavy (non-hydrogen) atoms. The highest BCUT2D eigenvalue weighted by Crippen LogP contribution is 2.24. The molecule has 144 valence electrons. The highest BCUT2D eigenvalue weighted by Gasteiger charge is 2.31. The Hall–Kier alpha value is -1.55. The molecular formula is C18H20BrN3O3S2. The molecule has 1 fully saturated rings. The lowest BCUT2D eigenvalue weighted by atomic mass is 9.98. The van der Waals surface area contributed by atoms with E-state index in [1.165, 1.54) is 15.6 Å². The smallest absolute Gasteiger partial charge is 0.243 e. The van der Waals surface area contributed by atoms with Crippen molar-refractivity contribution >= 4 is 49.4 Å². The summed E-state index contributed by atoms with van der Waals surface area (Å²) in [6, 6.07) is 8.74. The lowest BCUT2D eigenvalue weighted by Gasteiger charge is -2.30. The van der Waals surface area contributed by atoms with Gasteiger partial charge in [0.2, 0.25) is 15.9 Å². The average molecular weight is 470 g/mol. The number of hydrazone groups is 1. The number of carbonyl (C=O) groups excluding carboxylic acids is 1. The van der Waals surface area contributed by atoms with Gasteiger partial charge in [-0.05, 0) is 53.9 Å². The van der Waals surface area contributed by atoms with E-state index in [1.807, 2.05) is 18.4 Å². The van der Waals surface area contributed by atoms with Crippen LogP contribution in [0.2, 0.25) is 0 Å². The number of sulfonamides is 1. The van der Waals surface area contributed by atoms with Gasteiger partial charge in [0.05, 0.1) is 11.1 Å². The summed E-state index contributed by atoms with van der Waals surface area (Å²) in [5.41, 5.74) is 3.57. The van der Waals surface area contributed by atoms with Crippen LogP contribution in [0.5, 0.6) is 0 Å². The van der Waals surface area contributed by atoms with Crippen molar-refractivity contribution in [1.29, 1.82) is 0 Å². The van der Waals surface area contributed by atoms with Crippen molar-refractivity contribution in [2.75, 3.05) is 13.1 Å². The molecule has 1 aliphatic heterocycles. The number of amides is 1. The zero-order chi connectivity index (χ0) is 19.4. The predicted molar refractivity (Wildman–Crippen MR) is 110 cm³/mol. The predicted octanol–water partition coefficient (Wildman–Crippen LogP) is 3.37. The Kier molecular flexibility index (Phi) is 6.46. The molecule has 2 heterocycles. The van der Waals surface area contributed by atoms with E-state index in [2.05, 4.69) is 26.5 Å². The maximum Gasteiger partial charge on any atom is 0.243 e. The summed E-state index contributed by atoms with van der Waals surface area (Å²) in [5.74, 6) is -0.407. The SMILES string of the molecule is Cc1ccc(S(=O)(=O)N2CCC(C(=O)NN=Cc3cc(Br)cs3)CC2)cc1. The number of hydrogen-bond donors (Lipinski definition) is 1. The molecule has 0 bridgehead atoms. The second-order valence-electron chi connectivity index (χ2n) is 6.39. The van der Waals surface area contributed by atoms with Crippen LogP contribution in [-0.4, -0.2) is 37.9 Å². The molecule has 1 amide bonds. The lowest BCUT2D eigenvalue weighted by molar-refractivity contribution is -0.126. The van der Waals surface area contributed by atoms with Crippen molar-refractivity contribution in [2.45, 2.75) is 24.7 Å². The number of hydrogen-bond acceptors (Lipinski definition) is 5. The quantitative estimate of drug-likeness (QED) is 0.538. The molecule has 1 saturated heterocycles. The largest absolute Gasteiger partial charge is 0.273 e. The summed E-state index contributed by atoms with van der Waals surface area (Å²) >= 11 is 4.88. The Bertz CT molecular complexity index is 931. The molecule has 1 aliphatic rings. The van der Waals surface area contributed by atoms with Crippen LogP contribution in [0.15, 0.2) is 50.2 Å². The van der Waals surface area contributed by atoms with Gasteiger partial charge < -0.3 is 0 Å². The van der Waals surface area contributed by atoms with E-state index < -0.39 is 10.0 Å². The third-order valence-corrected chi connectivity index (χ3v) is 7.98. The van der Waals surface area contributed by atoms with Crippen LogP contribution in [0.4, 0.5) is 0 Å². The van der Waals surface area contributed by atoms with Gasteiger partial charge in [0, 0.05) is 33.7 Å². The monoisotopic (exact) mass is 469 g/mol. The Morgan fingerprint density at radius 3 is 2.56 bits per heavy atom. The van der Waals surface area contributed by atoms with Crippen molar-refractivity contribution in [3.8, 4) is 0 Å². The van der Waals surface area contributed by atoms with Gasteiger partial charge in [-0.25, -0.2) is 13.8 Å². The van der Waals surface area contributed by atoms with Crippen LogP contribution in [0.1, 0.15) is 23.3 Å². The van der Waals surface area contributed by atoms with Crippen molar-refractivity contribution < 1.29 is 13.2 Å². The standard InChI is InChI=1S/C18H20BrN3O3S2/c1-13-2-4-17(5-3-13)27(24,25)22-8-6-14(7-9-22)18(23)21-20-11-16-10-15(19)12-26-16/h2-5,10-12,14H,6-9H2,1H3,(H,21,23). The van der Waals surface area contributed by atoms with E-state index in [9.17, 15) is 13.2 Å². The third kappa shape index (κ3) is 5.04. The molecule has 0 unspecified atom stereocenters. The van der Waals surface area contributed by atoms with E-state index in [0.717, 1.165) is 14.9 Å². The molecule has 2 aromatic rings. The highest BCUT2D eigenvalue weighted by atomic mass is 79.9. The number of benzene rings is 1. The summed E-state index contributed by atoms with van der Waals surface area (Å²) in [7, 11) is -3.51. The zero-order valence-electron chi connectivity index (χ0n) is 14.8. The van der Waals surface area contributed by atoms with Gasteiger partial charge in [0.1, 0.15) is 0 Å². The van der Waals surface area contributed by atoms with Crippen LogP contribution >= 0.6 is 27.3 Å². The topological polar surface area (TPSA) is 78.8 Å². The fraction of sp³-hybridized carbons (Fsp3) is 0.333. The van der Waals surface area contributed by atoms with Crippen LogP contribution in [0, 0.1) is 12.8 Å². The van der Waals surface area contributed by atoms with E-state index in [1.54, 1.807) is 30.5 Å². The fourth-order valence-electron chi connectivity index (χ4n) is 2.86. The number of piperidine rings is 1. The number of rotatable bonds is 5. The molecule has 1 aromatic heterocycles. The highest BCUT2D eigenvalue weighted by molar-refractivity contribution is 9.10. The minimum absolute atomic E-state index is 0.172. The Labute approximate surface area is 171 Å². The van der Waals surface area contributed by atoms with Crippen molar-refractivity contribution in [3.05, 3.63) is 50.6 Å². The number of nitrogens with zero attached hydrogens (tertiary/aromatic N) is 2. The normalized spacial score (nSPS) is 16.7. The third-order valence-electron chi connectivity index (χ3n) is 4.44. The lowest BCUT2D eigenvalue weighted by Crippen LogP contribution is -2.42. The summed E-state index contributed by atoms with van der Waals surface area (Å²) in [5, 5.41) is 5.92. The van der Waals surface area contributed by atoms with Gasteiger partial charge >= 0.3 is 0 Å². The summed E-state index contributed by atoms with van der Waals surface area (Å²) in [4.78, 5) is 13.5. The maximum absolute atomic E-state index is 12.7. The molecule has 1 N–H and O–H groups in total. The number of halogens is 1. The summed E-state index contributed by atoms with van der Waals surface area (Å²) < 4.78 is 27.8. The van der Waals surface area contributed by atoms with Gasteiger partial charge in [-0.1, -0.05) is 17.7 Å². The number of nitrogens with one attached hydrogen (secondary N) is 1.